The van der Waals surface area contributed by atoms with E-state index in [1.165, 1.54) is 0 Å². The molecule has 0 aliphatic rings. The van der Waals surface area contributed by atoms with Crippen molar-refractivity contribution < 1.29 is 22.4 Å². The third kappa shape index (κ3) is 3.87. The number of hydrogen-bond acceptors (Lipinski definition) is 2. The summed E-state index contributed by atoms with van der Waals surface area (Å²) in [5, 5.41) is 0. The molecule has 1 aromatic carbocycles. The molecule has 0 fully saturated rings. The highest BCUT2D eigenvalue weighted by molar-refractivity contribution is 5.96. The first-order valence-electron chi connectivity index (χ1n) is 6.18. The number of carbonyl (C=O) groups is 1. The van der Waals surface area contributed by atoms with Crippen molar-refractivity contribution in [1.82, 2.24) is 4.98 Å². The molecule has 2 nitrogen and oxygen atoms in total. The highest BCUT2D eigenvalue weighted by Crippen LogP contribution is 2.32. The maximum absolute atomic E-state index is 13.1. The zero-order valence-corrected chi connectivity index (χ0v) is 10.8. The van der Waals surface area contributed by atoms with Gasteiger partial charge in [-0.3, -0.25) is 9.78 Å². The minimum absolute atomic E-state index is 0.0138. The summed E-state index contributed by atoms with van der Waals surface area (Å²) >= 11 is 0. The molecule has 21 heavy (non-hydrogen) atoms. The highest BCUT2D eigenvalue weighted by Gasteiger charge is 2.34. The van der Waals surface area contributed by atoms with Crippen molar-refractivity contribution in [3.8, 4) is 0 Å². The number of Topliss-reactive ketones (excluding diaryl/α,β-unsaturated/α-hetero) is 1. The predicted molar refractivity (Wildman–Crippen MR) is 68.3 cm³/mol. The van der Waals surface area contributed by atoms with Crippen molar-refractivity contribution in [2.75, 3.05) is 0 Å². The molecule has 0 spiro atoms. The van der Waals surface area contributed by atoms with Crippen LogP contribution in [0.2, 0.25) is 0 Å². The maximum atomic E-state index is 13.1. The molecule has 0 amide bonds. The predicted octanol–water partition coefficient (Wildman–Crippen LogP) is 4.06. The molecule has 2 rings (SSSR count). The molecular weight excluding hydrogens is 286 g/mol. The Balaban J connectivity index is 2.13. The van der Waals surface area contributed by atoms with Crippen LogP contribution in [-0.4, -0.2) is 10.8 Å². The number of halogens is 4. The third-order valence-corrected chi connectivity index (χ3v) is 2.93. The van der Waals surface area contributed by atoms with E-state index in [-0.39, 0.29) is 12.0 Å². The average molecular weight is 297 g/mol. The smallest absolute Gasteiger partial charge is 0.294 e. The van der Waals surface area contributed by atoms with Crippen molar-refractivity contribution in [3.63, 3.8) is 0 Å². The summed E-state index contributed by atoms with van der Waals surface area (Å²) in [5.74, 6) is -1.87. The first-order valence-corrected chi connectivity index (χ1v) is 6.18. The standard InChI is InChI=1S/C15H11F4NO/c16-13-6-4-10(9-12(13)15(17,18)19)14(21)7-5-11-3-1-2-8-20-11/h1-4,6,8-9H,5,7H2. The fourth-order valence-electron chi connectivity index (χ4n) is 1.85. The van der Waals surface area contributed by atoms with Gasteiger partial charge in [-0.1, -0.05) is 6.07 Å². The van der Waals surface area contributed by atoms with Crippen molar-refractivity contribution in [2.45, 2.75) is 19.0 Å². The maximum Gasteiger partial charge on any atom is 0.419 e. The van der Waals surface area contributed by atoms with Crippen molar-refractivity contribution in [3.05, 3.63) is 65.2 Å². The molecule has 2 aromatic rings. The van der Waals surface area contributed by atoms with Gasteiger partial charge in [0.05, 0.1) is 5.56 Å². The van der Waals surface area contributed by atoms with Gasteiger partial charge in [-0.15, -0.1) is 0 Å². The van der Waals surface area contributed by atoms with E-state index in [1.54, 1.807) is 24.4 Å². The number of alkyl halides is 3. The van der Waals surface area contributed by atoms with Gasteiger partial charge in [-0.05, 0) is 36.8 Å². The highest BCUT2D eigenvalue weighted by atomic mass is 19.4. The lowest BCUT2D eigenvalue weighted by Crippen LogP contribution is -2.11. The van der Waals surface area contributed by atoms with Crippen LogP contribution in [0.25, 0.3) is 0 Å². The fourth-order valence-corrected chi connectivity index (χ4v) is 1.85. The van der Waals surface area contributed by atoms with E-state index in [2.05, 4.69) is 4.98 Å². The number of nitrogens with zero attached hydrogens (tertiary/aromatic N) is 1. The largest absolute Gasteiger partial charge is 0.419 e. The third-order valence-electron chi connectivity index (χ3n) is 2.93. The summed E-state index contributed by atoms with van der Waals surface area (Å²) in [6.07, 6.45) is -2.92. The van der Waals surface area contributed by atoms with Crippen LogP contribution in [-0.2, 0) is 12.6 Å². The normalized spacial score (nSPS) is 11.4. The summed E-state index contributed by atoms with van der Waals surface area (Å²) in [4.78, 5) is 15.9. The van der Waals surface area contributed by atoms with Crippen LogP contribution in [0.1, 0.15) is 28.0 Å². The Bertz CT molecular complexity index is 638. The molecule has 110 valence electrons. The van der Waals surface area contributed by atoms with Gasteiger partial charge in [0, 0.05) is 23.9 Å². The molecule has 0 aliphatic carbocycles. The molecule has 0 atom stereocenters. The minimum atomic E-state index is -4.82. The number of rotatable bonds is 4. The second kappa shape index (κ2) is 6.03. The first-order chi connectivity index (χ1) is 9.88. The van der Waals surface area contributed by atoms with Crippen LogP contribution in [0.4, 0.5) is 17.6 Å². The molecule has 0 unspecified atom stereocenters. The SMILES string of the molecule is O=C(CCc1ccccn1)c1ccc(F)c(C(F)(F)F)c1. The van der Waals surface area contributed by atoms with Crippen molar-refractivity contribution in [1.29, 1.82) is 0 Å². The Morgan fingerprint density at radius 2 is 1.90 bits per heavy atom. The molecule has 0 N–H and O–H groups in total. The average Bonchev–Trinajstić information content (AvgIpc) is 2.45. The van der Waals surface area contributed by atoms with Crippen molar-refractivity contribution >= 4 is 5.78 Å². The molecular formula is C15H11F4NO. The topological polar surface area (TPSA) is 30.0 Å². The van der Waals surface area contributed by atoms with Gasteiger partial charge >= 0.3 is 6.18 Å². The molecule has 6 heteroatoms. The van der Waals surface area contributed by atoms with Crippen LogP contribution in [0, 0.1) is 5.82 Å². The molecule has 0 radical (unpaired) electrons. The summed E-state index contributed by atoms with van der Waals surface area (Å²) in [6.45, 7) is 0. The van der Waals surface area contributed by atoms with Gasteiger partial charge in [0.2, 0.25) is 0 Å². The Labute approximate surface area is 118 Å². The van der Waals surface area contributed by atoms with Crippen LogP contribution in [0.5, 0.6) is 0 Å². The number of aromatic nitrogens is 1. The van der Waals surface area contributed by atoms with Gasteiger partial charge < -0.3 is 0 Å². The van der Waals surface area contributed by atoms with Crippen LogP contribution in [0.3, 0.4) is 0 Å². The Morgan fingerprint density at radius 3 is 2.52 bits per heavy atom. The van der Waals surface area contributed by atoms with E-state index in [0.717, 1.165) is 6.07 Å². The number of benzene rings is 1. The molecule has 0 saturated heterocycles. The molecule has 0 bridgehead atoms. The van der Waals surface area contributed by atoms with Gasteiger partial charge in [0.25, 0.3) is 0 Å². The lowest BCUT2D eigenvalue weighted by Gasteiger charge is -2.09. The summed E-state index contributed by atoms with van der Waals surface area (Å²) < 4.78 is 50.9. The van der Waals surface area contributed by atoms with E-state index in [0.29, 0.717) is 24.2 Å². The van der Waals surface area contributed by atoms with Crippen LogP contribution >= 0.6 is 0 Å². The van der Waals surface area contributed by atoms with Gasteiger partial charge in [0.15, 0.2) is 5.78 Å². The molecule has 1 heterocycles. The lowest BCUT2D eigenvalue weighted by molar-refractivity contribution is -0.140. The summed E-state index contributed by atoms with van der Waals surface area (Å²) in [5.41, 5.74) is -0.908. The minimum Gasteiger partial charge on any atom is -0.294 e. The molecule has 1 aromatic heterocycles. The van der Waals surface area contributed by atoms with Crippen molar-refractivity contribution in [2.24, 2.45) is 0 Å². The zero-order valence-electron chi connectivity index (χ0n) is 10.8. The monoisotopic (exact) mass is 297 g/mol. The number of hydrogen-bond donors (Lipinski definition) is 0. The van der Waals surface area contributed by atoms with Gasteiger partial charge in [-0.25, -0.2) is 4.39 Å². The quantitative estimate of drug-likeness (QED) is 0.629. The second-order valence-electron chi connectivity index (χ2n) is 4.44. The number of pyridine rings is 1. The molecule has 0 saturated carbocycles. The van der Waals surface area contributed by atoms with E-state index >= 15 is 0 Å². The van der Waals surface area contributed by atoms with Gasteiger partial charge in [0.1, 0.15) is 5.82 Å². The van der Waals surface area contributed by atoms with E-state index in [9.17, 15) is 22.4 Å². The lowest BCUT2D eigenvalue weighted by atomic mass is 10.0. The summed E-state index contributed by atoms with van der Waals surface area (Å²) in [7, 11) is 0. The summed E-state index contributed by atoms with van der Waals surface area (Å²) in [6, 6.07) is 7.48. The number of aryl methyl sites for hydroxylation is 1. The van der Waals surface area contributed by atoms with Gasteiger partial charge in [-0.2, -0.15) is 13.2 Å². The Hall–Kier alpha value is -2.24. The first kappa shape index (κ1) is 15.2. The van der Waals surface area contributed by atoms with E-state index in [1.807, 2.05) is 0 Å². The van der Waals surface area contributed by atoms with Crippen LogP contribution in [0.15, 0.2) is 42.6 Å². The second-order valence-corrected chi connectivity index (χ2v) is 4.44. The van der Waals surface area contributed by atoms with Crippen LogP contribution < -0.4 is 0 Å². The fraction of sp³-hybridized carbons (Fsp3) is 0.200. The Morgan fingerprint density at radius 1 is 1.14 bits per heavy atom. The Kier molecular flexibility index (Phi) is 4.35. The van der Waals surface area contributed by atoms with E-state index in [4.69, 9.17) is 0 Å². The number of carbonyl (C=O) groups excluding carboxylic acids is 1. The number of ketones is 1. The molecule has 0 aliphatic heterocycles. The van der Waals surface area contributed by atoms with E-state index < -0.39 is 23.3 Å². The zero-order chi connectivity index (χ0) is 15.5.